The van der Waals surface area contributed by atoms with E-state index in [0.29, 0.717) is 0 Å². The summed E-state index contributed by atoms with van der Waals surface area (Å²) in [4.78, 5) is 23.3. The average molecular weight is 378 g/mol. The molecule has 0 aliphatic heterocycles. The second kappa shape index (κ2) is 8.19. The van der Waals surface area contributed by atoms with Crippen molar-refractivity contribution >= 4 is 34.0 Å². The molecule has 0 fully saturated rings. The maximum atomic E-state index is 13.0. The summed E-state index contributed by atoms with van der Waals surface area (Å²) in [6, 6.07) is 12.6. The number of carbonyl (C=O) groups is 2. The standard InChI is InChI=1S/C16H13BrFN3O2/c17-13-5-1-3-11(7-13)9-20-21-15(22)10-19-16(23)12-4-2-6-14(18)8-12/h1-9H,10H2,(H,19,23)(H,21,22)/b20-9-. The number of nitrogens with one attached hydrogen (secondary N) is 2. The van der Waals surface area contributed by atoms with E-state index in [4.69, 9.17) is 0 Å². The summed E-state index contributed by atoms with van der Waals surface area (Å²) >= 11 is 3.33. The first-order valence-corrected chi connectivity index (χ1v) is 7.45. The molecule has 0 heterocycles. The molecule has 2 aromatic rings. The van der Waals surface area contributed by atoms with Gasteiger partial charge in [-0.25, -0.2) is 9.82 Å². The molecule has 2 aromatic carbocycles. The smallest absolute Gasteiger partial charge is 0.259 e. The van der Waals surface area contributed by atoms with Crippen LogP contribution in [0.5, 0.6) is 0 Å². The van der Waals surface area contributed by atoms with Crippen LogP contribution < -0.4 is 10.7 Å². The van der Waals surface area contributed by atoms with Gasteiger partial charge >= 0.3 is 0 Å². The molecule has 23 heavy (non-hydrogen) atoms. The van der Waals surface area contributed by atoms with Crippen molar-refractivity contribution in [2.24, 2.45) is 5.10 Å². The minimum Gasteiger partial charge on any atom is -0.343 e. The fourth-order valence-corrected chi connectivity index (χ4v) is 2.11. The van der Waals surface area contributed by atoms with E-state index < -0.39 is 17.6 Å². The van der Waals surface area contributed by atoms with E-state index in [1.807, 2.05) is 24.3 Å². The fourth-order valence-electron chi connectivity index (χ4n) is 1.70. The zero-order chi connectivity index (χ0) is 16.7. The van der Waals surface area contributed by atoms with Crippen LogP contribution in [0, 0.1) is 5.82 Å². The summed E-state index contributed by atoms with van der Waals surface area (Å²) in [5, 5.41) is 6.18. The van der Waals surface area contributed by atoms with Gasteiger partial charge in [-0.05, 0) is 35.9 Å². The third kappa shape index (κ3) is 5.63. The van der Waals surface area contributed by atoms with Crippen LogP contribution >= 0.6 is 15.9 Å². The Morgan fingerprint density at radius 2 is 1.96 bits per heavy atom. The highest BCUT2D eigenvalue weighted by molar-refractivity contribution is 9.10. The molecule has 7 heteroatoms. The number of carbonyl (C=O) groups excluding carboxylic acids is 2. The van der Waals surface area contributed by atoms with Crippen molar-refractivity contribution in [3.63, 3.8) is 0 Å². The van der Waals surface area contributed by atoms with E-state index in [1.54, 1.807) is 0 Å². The Morgan fingerprint density at radius 3 is 2.70 bits per heavy atom. The van der Waals surface area contributed by atoms with E-state index in [-0.39, 0.29) is 12.1 Å². The van der Waals surface area contributed by atoms with Crippen LogP contribution in [0.25, 0.3) is 0 Å². The number of hydrogen-bond donors (Lipinski definition) is 2. The summed E-state index contributed by atoms with van der Waals surface area (Å²) in [7, 11) is 0. The number of amides is 2. The predicted molar refractivity (Wildman–Crippen MR) is 88.6 cm³/mol. The molecular weight excluding hydrogens is 365 g/mol. The summed E-state index contributed by atoms with van der Waals surface area (Å²) in [6.45, 7) is -0.259. The lowest BCUT2D eigenvalue weighted by atomic mass is 10.2. The molecule has 0 unspecified atom stereocenters. The average Bonchev–Trinajstić information content (AvgIpc) is 2.52. The van der Waals surface area contributed by atoms with E-state index in [0.717, 1.165) is 16.1 Å². The highest BCUT2D eigenvalue weighted by Crippen LogP contribution is 2.09. The van der Waals surface area contributed by atoms with Crippen LogP contribution in [0.2, 0.25) is 0 Å². The van der Waals surface area contributed by atoms with Gasteiger partial charge in [0.05, 0.1) is 12.8 Å². The van der Waals surface area contributed by atoms with Crippen LogP contribution in [0.1, 0.15) is 15.9 Å². The first-order valence-electron chi connectivity index (χ1n) is 6.66. The molecule has 2 N–H and O–H groups in total. The monoisotopic (exact) mass is 377 g/mol. The van der Waals surface area contributed by atoms with Gasteiger partial charge in [0.1, 0.15) is 5.82 Å². The van der Waals surface area contributed by atoms with Crippen LogP contribution in [-0.4, -0.2) is 24.6 Å². The first kappa shape index (κ1) is 16.8. The van der Waals surface area contributed by atoms with Gasteiger partial charge in [0.15, 0.2) is 0 Å². The maximum absolute atomic E-state index is 13.0. The van der Waals surface area contributed by atoms with Gasteiger partial charge in [-0.1, -0.05) is 34.1 Å². The van der Waals surface area contributed by atoms with Gasteiger partial charge in [-0.3, -0.25) is 9.59 Å². The van der Waals surface area contributed by atoms with Crippen molar-refractivity contribution < 1.29 is 14.0 Å². The van der Waals surface area contributed by atoms with Crippen molar-refractivity contribution in [2.75, 3.05) is 6.54 Å². The zero-order valence-corrected chi connectivity index (χ0v) is 13.5. The van der Waals surface area contributed by atoms with Crippen LogP contribution in [0.3, 0.4) is 0 Å². The highest BCUT2D eigenvalue weighted by atomic mass is 79.9. The van der Waals surface area contributed by atoms with Gasteiger partial charge in [-0.2, -0.15) is 5.10 Å². The summed E-state index contributed by atoms with van der Waals surface area (Å²) in [5.41, 5.74) is 3.25. The zero-order valence-electron chi connectivity index (χ0n) is 11.9. The van der Waals surface area contributed by atoms with Crippen LogP contribution in [0.15, 0.2) is 58.1 Å². The van der Waals surface area contributed by atoms with Crippen LogP contribution in [-0.2, 0) is 4.79 Å². The Hall–Kier alpha value is -2.54. The Balaban J connectivity index is 1.80. The Bertz CT molecular complexity index is 750. The molecule has 0 bridgehead atoms. The minimum atomic E-state index is -0.532. The molecule has 0 saturated carbocycles. The second-order valence-electron chi connectivity index (χ2n) is 4.54. The second-order valence-corrected chi connectivity index (χ2v) is 5.46. The van der Waals surface area contributed by atoms with E-state index in [1.165, 1.54) is 24.4 Å². The Morgan fingerprint density at radius 1 is 1.17 bits per heavy atom. The highest BCUT2D eigenvalue weighted by Gasteiger charge is 2.08. The number of benzene rings is 2. The summed E-state index contributed by atoms with van der Waals surface area (Å²) < 4.78 is 13.9. The molecule has 5 nitrogen and oxygen atoms in total. The number of hydrazone groups is 1. The number of hydrogen-bond acceptors (Lipinski definition) is 3. The Kier molecular flexibility index (Phi) is 5.99. The van der Waals surface area contributed by atoms with Crippen LogP contribution in [0.4, 0.5) is 4.39 Å². The van der Waals surface area contributed by atoms with Crippen molar-refractivity contribution in [3.8, 4) is 0 Å². The molecule has 0 aliphatic rings. The van der Waals surface area contributed by atoms with E-state index in [9.17, 15) is 14.0 Å². The molecule has 0 saturated heterocycles. The normalized spacial score (nSPS) is 10.5. The maximum Gasteiger partial charge on any atom is 0.259 e. The first-order chi connectivity index (χ1) is 11.0. The number of nitrogens with zero attached hydrogens (tertiary/aromatic N) is 1. The number of rotatable bonds is 5. The lowest BCUT2D eigenvalue weighted by Gasteiger charge is -2.04. The fraction of sp³-hybridized carbons (Fsp3) is 0.0625. The third-order valence-electron chi connectivity index (χ3n) is 2.75. The molecule has 0 aliphatic carbocycles. The molecule has 2 amide bonds. The molecule has 118 valence electrons. The summed E-state index contributed by atoms with van der Waals surface area (Å²) in [6.07, 6.45) is 1.48. The lowest BCUT2D eigenvalue weighted by molar-refractivity contribution is -0.120. The van der Waals surface area contributed by atoms with Crippen molar-refractivity contribution in [1.82, 2.24) is 10.7 Å². The molecular formula is C16H13BrFN3O2. The van der Waals surface area contributed by atoms with Gasteiger partial charge in [0.2, 0.25) is 0 Å². The quantitative estimate of drug-likeness (QED) is 0.620. The van der Waals surface area contributed by atoms with Crippen molar-refractivity contribution in [2.45, 2.75) is 0 Å². The molecule has 0 radical (unpaired) electrons. The predicted octanol–water partition coefficient (Wildman–Crippen LogP) is 2.47. The SMILES string of the molecule is O=C(CNC(=O)c1cccc(F)c1)N/N=C\c1cccc(Br)c1. The lowest BCUT2D eigenvalue weighted by Crippen LogP contribution is -2.34. The topological polar surface area (TPSA) is 70.6 Å². The summed E-state index contributed by atoms with van der Waals surface area (Å²) in [5.74, 6) is -1.53. The van der Waals surface area contributed by atoms with Gasteiger partial charge in [0, 0.05) is 10.0 Å². The number of halogens is 2. The van der Waals surface area contributed by atoms with Crippen molar-refractivity contribution in [1.29, 1.82) is 0 Å². The van der Waals surface area contributed by atoms with E-state index in [2.05, 4.69) is 31.8 Å². The third-order valence-corrected chi connectivity index (χ3v) is 3.24. The largest absolute Gasteiger partial charge is 0.343 e. The minimum absolute atomic E-state index is 0.149. The molecule has 2 rings (SSSR count). The molecule has 0 spiro atoms. The van der Waals surface area contributed by atoms with Crippen molar-refractivity contribution in [3.05, 3.63) is 69.9 Å². The van der Waals surface area contributed by atoms with Gasteiger partial charge in [0.25, 0.3) is 11.8 Å². The van der Waals surface area contributed by atoms with Gasteiger partial charge in [-0.15, -0.1) is 0 Å². The molecule has 0 atom stereocenters. The molecule has 0 aromatic heterocycles. The van der Waals surface area contributed by atoms with E-state index >= 15 is 0 Å². The Labute approximate surface area is 140 Å². The van der Waals surface area contributed by atoms with Gasteiger partial charge < -0.3 is 5.32 Å².